The number of benzene rings is 1. The molecule has 136 valence electrons. The molecule has 0 fully saturated rings. The topological polar surface area (TPSA) is 65.4 Å². The zero-order valence-electron chi connectivity index (χ0n) is 12.7. The third-order valence-electron chi connectivity index (χ3n) is 2.87. The number of ether oxygens (including phenoxy) is 1. The van der Waals surface area contributed by atoms with Crippen molar-refractivity contribution >= 4 is 12.2 Å². The number of nitrogen functional groups attached to an aromatic ring is 1. The van der Waals surface area contributed by atoms with Gasteiger partial charge in [0.15, 0.2) is 6.61 Å². The number of nitrogens with two attached hydrogens (primary N) is 1. The summed E-state index contributed by atoms with van der Waals surface area (Å²) in [4.78, 5) is 3.87. The van der Waals surface area contributed by atoms with Crippen molar-refractivity contribution in [3.8, 4) is 5.75 Å². The van der Waals surface area contributed by atoms with E-state index in [1.807, 2.05) is 0 Å². The SMILES string of the molecule is Cc1cn(N=Cc2ccc(C(F)(F)F)c(OCC(F)(F)F)c2)c(N)n1. The second kappa shape index (κ2) is 6.65. The molecule has 2 N–H and O–H groups in total. The highest BCUT2D eigenvalue weighted by Gasteiger charge is 2.36. The van der Waals surface area contributed by atoms with Gasteiger partial charge in [-0.05, 0) is 24.6 Å². The van der Waals surface area contributed by atoms with Crippen molar-refractivity contribution in [1.82, 2.24) is 9.66 Å². The minimum atomic E-state index is -4.86. The van der Waals surface area contributed by atoms with Gasteiger partial charge in [-0.25, -0.2) is 9.66 Å². The highest BCUT2D eigenvalue weighted by Crippen LogP contribution is 2.37. The first-order valence-corrected chi connectivity index (χ1v) is 6.72. The summed E-state index contributed by atoms with van der Waals surface area (Å²) < 4.78 is 80.8. The maximum atomic E-state index is 12.9. The quantitative estimate of drug-likeness (QED) is 0.664. The summed E-state index contributed by atoms with van der Waals surface area (Å²) in [5, 5.41) is 3.88. The van der Waals surface area contributed by atoms with Gasteiger partial charge in [0.25, 0.3) is 0 Å². The van der Waals surface area contributed by atoms with E-state index in [0.29, 0.717) is 11.8 Å². The fourth-order valence-corrected chi connectivity index (χ4v) is 1.86. The summed E-state index contributed by atoms with van der Waals surface area (Å²) >= 11 is 0. The van der Waals surface area contributed by atoms with Gasteiger partial charge < -0.3 is 10.5 Å². The first-order valence-electron chi connectivity index (χ1n) is 6.72. The molecule has 11 heteroatoms. The number of anilines is 1. The standard InChI is InChI=1S/C14H12F6N4O/c1-8-6-24(12(21)23-8)22-5-9-2-3-10(14(18,19)20)11(4-9)25-7-13(15,16)17/h2-6H,7H2,1H3,(H2,21,23). The van der Waals surface area contributed by atoms with Gasteiger partial charge in [-0.3, -0.25) is 0 Å². The molecule has 2 rings (SSSR count). The molecule has 5 nitrogen and oxygen atoms in total. The van der Waals surface area contributed by atoms with Crippen LogP contribution in [-0.2, 0) is 6.18 Å². The van der Waals surface area contributed by atoms with E-state index in [4.69, 9.17) is 5.73 Å². The molecule has 0 saturated heterocycles. The number of hydrogen-bond donors (Lipinski definition) is 1. The summed E-state index contributed by atoms with van der Waals surface area (Å²) in [7, 11) is 0. The Hall–Kier alpha value is -2.72. The van der Waals surface area contributed by atoms with E-state index in [2.05, 4.69) is 14.8 Å². The summed E-state index contributed by atoms with van der Waals surface area (Å²) in [6.45, 7) is -0.187. The van der Waals surface area contributed by atoms with Crippen LogP contribution in [0.2, 0.25) is 0 Å². The van der Waals surface area contributed by atoms with Crippen LogP contribution in [0.5, 0.6) is 5.75 Å². The molecule has 1 aromatic heterocycles. The second-order valence-electron chi connectivity index (χ2n) is 4.99. The average molecular weight is 366 g/mol. The van der Waals surface area contributed by atoms with E-state index >= 15 is 0 Å². The molecule has 0 atom stereocenters. The predicted octanol–water partition coefficient (Wildman–Crippen LogP) is 3.62. The van der Waals surface area contributed by atoms with E-state index in [-0.39, 0.29) is 11.5 Å². The lowest BCUT2D eigenvalue weighted by Gasteiger charge is -2.15. The first-order chi connectivity index (χ1) is 11.5. The van der Waals surface area contributed by atoms with Crippen molar-refractivity contribution in [3.05, 3.63) is 41.2 Å². The first kappa shape index (κ1) is 18.6. The summed E-state index contributed by atoms with van der Waals surface area (Å²) in [6, 6.07) is 2.49. The van der Waals surface area contributed by atoms with Crippen LogP contribution in [0.4, 0.5) is 32.3 Å². The minimum absolute atomic E-state index is 0.0502. The van der Waals surface area contributed by atoms with Crippen LogP contribution in [0.15, 0.2) is 29.5 Å². The van der Waals surface area contributed by atoms with Gasteiger partial charge in [0.05, 0.1) is 23.7 Å². The molecule has 0 spiro atoms. The van der Waals surface area contributed by atoms with E-state index in [1.165, 1.54) is 10.9 Å². The fourth-order valence-electron chi connectivity index (χ4n) is 1.86. The summed E-state index contributed by atoms with van der Waals surface area (Å²) in [5.41, 5.74) is 4.90. The van der Waals surface area contributed by atoms with Gasteiger partial charge in [0, 0.05) is 0 Å². The lowest BCUT2D eigenvalue weighted by Crippen LogP contribution is -2.21. The van der Waals surface area contributed by atoms with Crippen LogP contribution < -0.4 is 10.5 Å². The Morgan fingerprint density at radius 2 is 1.92 bits per heavy atom. The van der Waals surface area contributed by atoms with E-state index in [0.717, 1.165) is 18.3 Å². The van der Waals surface area contributed by atoms with Crippen LogP contribution in [0.1, 0.15) is 16.8 Å². The number of rotatable bonds is 4. The van der Waals surface area contributed by atoms with Crippen LogP contribution in [0.25, 0.3) is 0 Å². The minimum Gasteiger partial charge on any atom is -0.483 e. The number of halogens is 6. The molecule has 1 aromatic carbocycles. The molecule has 0 aliphatic heterocycles. The fraction of sp³-hybridized carbons (Fsp3) is 0.286. The molecular formula is C14H12F6N4O. The largest absolute Gasteiger partial charge is 0.483 e. The Bertz CT molecular complexity index is 779. The monoisotopic (exact) mass is 366 g/mol. The molecule has 0 bridgehead atoms. The lowest BCUT2D eigenvalue weighted by atomic mass is 10.1. The van der Waals surface area contributed by atoms with Gasteiger partial charge in [-0.2, -0.15) is 31.4 Å². The smallest absolute Gasteiger partial charge is 0.422 e. The van der Waals surface area contributed by atoms with Crippen molar-refractivity contribution < 1.29 is 31.1 Å². The van der Waals surface area contributed by atoms with Gasteiger partial charge in [-0.15, -0.1) is 0 Å². The Morgan fingerprint density at radius 1 is 1.24 bits per heavy atom. The number of imidazole rings is 1. The number of alkyl halides is 6. The van der Waals surface area contributed by atoms with Crippen molar-refractivity contribution in [2.24, 2.45) is 5.10 Å². The molecule has 25 heavy (non-hydrogen) atoms. The number of nitrogens with zero attached hydrogens (tertiary/aromatic N) is 3. The summed E-state index contributed by atoms with van der Waals surface area (Å²) in [5.74, 6) is -0.891. The van der Waals surface area contributed by atoms with Crippen molar-refractivity contribution in [3.63, 3.8) is 0 Å². The van der Waals surface area contributed by atoms with Crippen molar-refractivity contribution in [2.45, 2.75) is 19.3 Å². The molecule has 0 saturated carbocycles. The van der Waals surface area contributed by atoms with Gasteiger partial charge in [-0.1, -0.05) is 6.07 Å². The Balaban J connectivity index is 2.32. The second-order valence-corrected chi connectivity index (χ2v) is 4.99. The third-order valence-corrected chi connectivity index (χ3v) is 2.87. The highest BCUT2D eigenvalue weighted by atomic mass is 19.4. The van der Waals surface area contributed by atoms with E-state index in [1.54, 1.807) is 6.92 Å². The molecular weight excluding hydrogens is 354 g/mol. The zero-order valence-corrected chi connectivity index (χ0v) is 12.7. The van der Waals surface area contributed by atoms with Gasteiger partial charge >= 0.3 is 12.4 Å². The van der Waals surface area contributed by atoms with Crippen LogP contribution in [0.3, 0.4) is 0 Å². The molecule has 0 aliphatic rings. The van der Waals surface area contributed by atoms with E-state index < -0.39 is 30.3 Å². The van der Waals surface area contributed by atoms with Gasteiger partial charge in [0.2, 0.25) is 5.95 Å². The Labute approximate surface area is 137 Å². The summed E-state index contributed by atoms with van der Waals surface area (Å²) in [6.07, 6.45) is -7.03. The predicted molar refractivity (Wildman–Crippen MR) is 77.4 cm³/mol. The number of aryl methyl sites for hydroxylation is 1. The number of hydrogen-bond acceptors (Lipinski definition) is 4. The Morgan fingerprint density at radius 3 is 2.44 bits per heavy atom. The average Bonchev–Trinajstić information content (AvgIpc) is 2.79. The molecule has 2 aromatic rings. The van der Waals surface area contributed by atoms with E-state index in [9.17, 15) is 26.3 Å². The van der Waals surface area contributed by atoms with Crippen LogP contribution >= 0.6 is 0 Å². The van der Waals surface area contributed by atoms with Gasteiger partial charge in [0.1, 0.15) is 5.75 Å². The molecule has 0 radical (unpaired) electrons. The van der Waals surface area contributed by atoms with Crippen LogP contribution in [0, 0.1) is 6.92 Å². The maximum Gasteiger partial charge on any atom is 0.422 e. The molecule has 0 aliphatic carbocycles. The van der Waals surface area contributed by atoms with Crippen molar-refractivity contribution in [1.29, 1.82) is 0 Å². The Kier molecular flexibility index (Phi) is 4.95. The molecule has 0 amide bonds. The zero-order chi connectivity index (χ0) is 18.8. The van der Waals surface area contributed by atoms with Crippen molar-refractivity contribution in [2.75, 3.05) is 12.3 Å². The lowest BCUT2D eigenvalue weighted by molar-refractivity contribution is -0.158. The molecule has 0 unspecified atom stereocenters. The molecule has 1 heterocycles. The number of aromatic nitrogens is 2. The normalized spacial score (nSPS) is 12.8. The van der Waals surface area contributed by atoms with Crippen LogP contribution in [-0.4, -0.2) is 28.7 Å². The third kappa shape index (κ3) is 5.13. The maximum absolute atomic E-state index is 12.9. The highest BCUT2D eigenvalue weighted by molar-refractivity contribution is 5.80.